The molecule has 0 amide bonds. The summed E-state index contributed by atoms with van der Waals surface area (Å²) in [7, 11) is 0. The minimum Gasteiger partial charge on any atom is -0.492 e. The van der Waals surface area contributed by atoms with E-state index in [2.05, 4.69) is 40.9 Å². The fourth-order valence-corrected chi connectivity index (χ4v) is 4.43. The molecule has 5 rings (SSSR count). The number of pyridine rings is 1. The van der Waals surface area contributed by atoms with E-state index in [-0.39, 0.29) is 5.82 Å². The lowest BCUT2D eigenvalue weighted by Crippen LogP contribution is -2.08. The van der Waals surface area contributed by atoms with Gasteiger partial charge >= 0.3 is 0 Å². The van der Waals surface area contributed by atoms with Gasteiger partial charge in [0.25, 0.3) is 0 Å². The van der Waals surface area contributed by atoms with Crippen LogP contribution in [0.25, 0.3) is 32.2 Å². The second-order valence-corrected chi connectivity index (χ2v) is 8.14. The van der Waals surface area contributed by atoms with Crippen molar-refractivity contribution in [2.45, 2.75) is 13.3 Å². The number of nitrogens with one attached hydrogen (secondary N) is 2. The number of ether oxygens (including phenoxy) is 1. The van der Waals surface area contributed by atoms with Gasteiger partial charge in [0.05, 0.1) is 22.7 Å². The number of hydrogen-bond acceptors (Lipinski definition) is 9. The number of halogens is 1. The molecule has 0 atom stereocenters. The second kappa shape index (κ2) is 9.25. The van der Waals surface area contributed by atoms with Crippen molar-refractivity contribution in [1.82, 2.24) is 35.6 Å². The summed E-state index contributed by atoms with van der Waals surface area (Å²) in [5, 5.41) is 18.2. The number of nitrogens with zero attached hydrogens (tertiary/aromatic N) is 6. The van der Waals surface area contributed by atoms with E-state index in [1.54, 1.807) is 6.20 Å². The predicted molar refractivity (Wildman–Crippen MR) is 124 cm³/mol. The molecule has 9 nitrogen and oxygen atoms in total. The van der Waals surface area contributed by atoms with Gasteiger partial charge in [-0.05, 0) is 41.5 Å². The maximum absolute atomic E-state index is 14.4. The van der Waals surface area contributed by atoms with Crippen LogP contribution in [0.5, 0.6) is 5.75 Å². The third-order valence-electron chi connectivity index (χ3n) is 4.95. The monoisotopic (exact) mass is 462 g/mol. The van der Waals surface area contributed by atoms with E-state index < -0.39 is 0 Å². The van der Waals surface area contributed by atoms with Crippen LogP contribution in [0.3, 0.4) is 0 Å². The highest BCUT2D eigenvalue weighted by Crippen LogP contribution is 2.41. The molecule has 0 saturated heterocycles. The standard InChI is InChI=1S/C22H19FN8OS/c1-2-32-18-11-19(33-21(18)22-28-30-31-29-22)17-10-20(27-12-26-17)25-7-5-13-8-14-4-3-6-24-16(14)9-15(13)23/h3-4,6,8-12H,2,5,7H2,1H3,(H,25,26,27)(H,28,29,30,31). The molecule has 0 spiro atoms. The molecule has 0 bridgehead atoms. The molecule has 4 heterocycles. The Morgan fingerprint density at radius 1 is 1.15 bits per heavy atom. The number of anilines is 1. The first-order valence-corrected chi connectivity index (χ1v) is 11.1. The smallest absolute Gasteiger partial charge is 0.193 e. The first-order chi connectivity index (χ1) is 16.2. The van der Waals surface area contributed by atoms with Gasteiger partial charge in [0, 0.05) is 36.3 Å². The van der Waals surface area contributed by atoms with Crippen molar-refractivity contribution < 1.29 is 9.13 Å². The van der Waals surface area contributed by atoms with Crippen molar-refractivity contribution in [3.63, 3.8) is 0 Å². The Morgan fingerprint density at radius 3 is 2.94 bits per heavy atom. The van der Waals surface area contributed by atoms with E-state index >= 15 is 0 Å². The largest absolute Gasteiger partial charge is 0.492 e. The molecule has 0 aliphatic rings. The lowest BCUT2D eigenvalue weighted by molar-refractivity contribution is 0.343. The molecule has 33 heavy (non-hydrogen) atoms. The molecule has 4 aromatic heterocycles. The Morgan fingerprint density at radius 2 is 2.09 bits per heavy atom. The average molecular weight is 463 g/mol. The molecule has 0 unspecified atom stereocenters. The zero-order valence-corrected chi connectivity index (χ0v) is 18.4. The van der Waals surface area contributed by atoms with Gasteiger partial charge in [0.1, 0.15) is 28.6 Å². The molecule has 0 saturated carbocycles. The van der Waals surface area contributed by atoms with Crippen molar-refractivity contribution >= 4 is 28.1 Å². The number of benzene rings is 1. The van der Waals surface area contributed by atoms with Gasteiger partial charge in [-0.3, -0.25) is 4.98 Å². The second-order valence-electron chi connectivity index (χ2n) is 7.09. The van der Waals surface area contributed by atoms with Crippen LogP contribution < -0.4 is 10.1 Å². The van der Waals surface area contributed by atoms with Crippen molar-refractivity contribution in [2.24, 2.45) is 0 Å². The number of H-pyrrole nitrogens is 1. The van der Waals surface area contributed by atoms with E-state index in [1.807, 2.05) is 37.3 Å². The molecule has 11 heteroatoms. The van der Waals surface area contributed by atoms with Crippen LogP contribution in [0.15, 0.2) is 48.9 Å². The number of thiophene rings is 1. The van der Waals surface area contributed by atoms with Gasteiger partial charge in [0.15, 0.2) is 5.82 Å². The third-order valence-corrected chi connectivity index (χ3v) is 6.09. The Labute approximate surface area is 192 Å². The number of hydrogen-bond donors (Lipinski definition) is 2. The molecule has 0 fully saturated rings. The van der Waals surface area contributed by atoms with Gasteiger partial charge in [0.2, 0.25) is 0 Å². The Hall–Kier alpha value is -3.99. The summed E-state index contributed by atoms with van der Waals surface area (Å²) in [6.45, 7) is 2.95. The zero-order chi connectivity index (χ0) is 22.6. The van der Waals surface area contributed by atoms with E-state index in [0.717, 1.165) is 20.8 Å². The highest BCUT2D eigenvalue weighted by atomic mass is 32.1. The minimum absolute atomic E-state index is 0.261. The topological polar surface area (TPSA) is 114 Å². The SMILES string of the molecule is CCOc1cc(-c2cc(NCCc3cc4cccnc4cc3F)ncn2)sc1-c1nnn[nH]1. The molecule has 1 aromatic carbocycles. The summed E-state index contributed by atoms with van der Waals surface area (Å²) >= 11 is 1.47. The molecule has 2 N–H and O–H groups in total. The lowest BCUT2D eigenvalue weighted by Gasteiger charge is -2.08. The summed E-state index contributed by atoms with van der Waals surface area (Å²) in [4.78, 5) is 14.6. The maximum Gasteiger partial charge on any atom is 0.193 e. The van der Waals surface area contributed by atoms with E-state index in [0.29, 0.717) is 48.0 Å². The number of aromatic nitrogens is 7. The number of fused-ring (bicyclic) bond motifs is 1. The molecule has 5 aromatic rings. The first kappa shape index (κ1) is 20.9. The number of aromatic amines is 1. The number of tetrazole rings is 1. The molecule has 0 aliphatic heterocycles. The van der Waals surface area contributed by atoms with Crippen LogP contribution in [0.1, 0.15) is 12.5 Å². The molecular weight excluding hydrogens is 443 g/mol. The summed E-state index contributed by atoms with van der Waals surface area (Å²) in [5.41, 5.74) is 2.01. The lowest BCUT2D eigenvalue weighted by atomic mass is 10.1. The highest BCUT2D eigenvalue weighted by molar-refractivity contribution is 7.19. The van der Waals surface area contributed by atoms with Gasteiger partial charge in [-0.25, -0.2) is 19.5 Å². The number of rotatable bonds is 8. The van der Waals surface area contributed by atoms with Gasteiger partial charge in [-0.2, -0.15) is 0 Å². The van der Waals surface area contributed by atoms with Crippen molar-refractivity contribution in [3.05, 3.63) is 60.3 Å². The van der Waals surface area contributed by atoms with Crippen molar-refractivity contribution in [2.75, 3.05) is 18.5 Å². The van der Waals surface area contributed by atoms with Crippen LogP contribution in [0.4, 0.5) is 10.2 Å². The molecule has 166 valence electrons. The summed E-state index contributed by atoms with van der Waals surface area (Å²) in [6, 6.07) is 10.8. The first-order valence-electron chi connectivity index (χ1n) is 10.3. The Bertz CT molecular complexity index is 1390. The molecule has 0 radical (unpaired) electrons. The Kier molecular flexibility index (Phi) is 5.85. The molecular formula is C22H19FN8OS. The highest BCUT2D eigenvalue weighted by Gasteiger charge is 2.17. The van der Waals surface area contributed by atoms with Gasteiger partial charge < -0.3 is 10.1 Å². The normalized spacial score (nSPS) is 11.1. The minimum atomic E-state index is -0.261. The van der Waals surface area contributed by atoms with Crippen LogP contribution in [-0.2, 0) is 6.42 Å². The van der Waals surface area contributed by atoms with Crippen molar-refractivity contribution in [1.29, 1.82) is 0 Å². The third kappa shape index (κ3) is 4.48. The van der Waals surface area contributed by atoms with Crippen LogP contribution in [0.2, 0.25) is 0 Å². The fourth-order valence-electron chi connectivity index (χ4n) is 3.43. The van der Waals surface area contributed by atoms with Crippen LogP contribution in [-0.4, -0.2) is 48.7 Å². The average Bonchev–Trinajstić information content (AvgIpc) is 3.50. The summed E-state index contributed by atoms with van der Waals surface area (Å²) in [6.07, 6.45) is 3.66. The quantitative estimate of drug-likeness (QED) is 0.354. The van der Waals surface area contributed by atoms with Crippen LogP contribution in [0, 0.1) is 5.82 Å². The fraction of sp³-hybridized carbons (Fsp3) is 0.182. The van der Waals surface area contributed by atoms with Crippen molar-refractivity contribution in [3.8, 4) is 27.0 Å². The molecule has 0 aliphatic carbocycles. The summed E-state index contributed by atoms with van der Waals surface area (Å²) in [5.74, 6) is 1.61. The maximum atomic E-state index is 14.4. The van der Waals surface area contributed by atoms with E-state index in [4.69, 9.17) is 4.74 Å². The van der Waals surface area contributed by atoms with E-state index in [9.17, 15) is 4.39 Å². The Balaban J connectivity index is 1.32. The van der Waals surface area contributed by atoms with E-state index in [1.165, 1.54) is 23.7 Å². The van der Waals surface area contributed by atoms with Gasteiger partial charge in [-0.1, -0.05) is 6.07 Å². The van der Waals surface area contributed by atoms with Gasteiger partial charge in [-0.15, -0.1) is 16.4 Å². The van der Waals surface area contributed by atoms with Crippen LogP contribution >= 0.6 is 11.3 Å². The zero-order valence-electron chi connectivity index (χ0n) is 17.6. The summed E-state index contributed by atoms with van der Waals surface area (Å²) < 4.78 is 20.2. The predicted octanol–water partition coefficient (Wildman–Crippen LogP) is 4.13.